The summed E-state index contributed by atoms with van der Waals surface area (Å²) < 4.78 is 65.1. The van der Waals surface area contributed by atoms with Crippen LogP contribution >= 0.6 is 12.4 Å². The Morgan fingerprint density at radius 3 is 2.50 bits per heavy atom. The van der Waals surface area contributed by atoms with E-state index >= 15 is 0 Å². The molecule has 0 saturated carbocycles. The molecule has 1 saturated heterocycles. The number of piperidine rings is 1. The van der Waals surface area contributed by atoms with Crippen LogP contribution in [0.15, 0.2) is 29.2 Å². The van der Waals surface area contributed by atoms with Crippen LogP contribution in [0.3, 0.4) is 0 Å². The Balaban J connectivity index is 0.00000242. The Morgan fingerprint density at radius 2 is 1.91 bits per heavy atom. The first-order valence-corrected chi connectivity index (χ1v) is 8.04. The van der Waals surface area contributed by atoms with Crippen molar-refractivity contribution in [3.05, 3.63) is 29.8 Å². The highest BCUT2D eigenvalue weighted by molar-refractivity contribution is 7.89. The van der Waals surface area contributed by atoms with Gasteiger partial charge in [0.2, 0.25) is 10.0 Å². The van der Waals surface area contributed by atoms with Crippen molar-refractivity contribution in [3.63, 3.8) is 0 Å². The van der Waals surface area contributed by atoms with E-state index in [-0.39, 0.29) is 31.5 Å². The predicted octanol–water partition coefficient (Wildman–Crippen LogP) is 2.50. The van der Waals surface area contributed by atoms with Crippen LogP contribution in [0.25, 0.3) is 0 Å². The number of rotatable bonds is 3. The summed E-state index contributed by atoms with van der Waals surface area (Å²) in [5.74, 6) is 0. The van der Waals surface area contributed by atoms with Gasteiger partial charge in [0.25, 0.3) is 0 Å². The van der Waals surface area contributed by atoms with E-state index in [2.05, 4.69) is 5.32 Å². The highest BCUT2D eigenvalue weighted by atomic mass is 35.5. The van der Waals surface area contributed by atoms with Crippen molar-refractivity contribution in [1.29, 1.82) is 0 Å². The Labute approximate surface area is 134 Å². The molecule has 2 rings (SSSR count). The van der Waals surface area contributed by atoms with Crippen molar-refractivity contribution in [3.8, 4) is 0 Å². The van der Waals surface area contributed by atoms with Crippen LogP contribution in [0.2, 0.25) is 0 Å². The minimum atomic E-state index is -4.69. The molecule has 1 atom stereocenters. The number of sulfonamides is 1. The van der Waals surface area contributed by atoms with E-state index in [9.17, 15) is 21.6 Å². The molecular weight excluding hydrogens is 341 g/mol. The summed E-state index contributed by atoms with van der Waals surface area (Å²) in [4.78, 5) is -0.672. The van der Waals surface area contributed by atoms with E-state index < -0.39 is 26.7 Å². The van der Waals surface area contributed by atoms with E-state index in [0.717, 1.165) is 22.9 Å². The molecule has 0 bridgehead atoms. The number of likely N-dealkylation sites (N-methyl/N-ethyl adjacent to an activating group) is 1. The number of hydrogen-bond acceptors (Lipinski definition) is 3. The number of halogens is 4. The number of alkyl halides is 3. The second-order valence-corrected chi connectivity index (χ2v) is 6.89. The molecule has 0 aliphatic carbocycles. The molecule has 1 N–H and O–H groups in total. The van der Waals surface area contributed by atoms with Gasteiger partial charge in [-0.1, -0.05) is 12.1 Å². The SMILES string of the molecule is CNC1CCCN(S(=O)(=O)c2ccccc2C(F)(F)F)C1.Cl. The van der Waals surface area contributed by atoms with E-state index in [4.69, 9.17) is 0 Å². The maximum atomic E-state index is 13.0. The highest BCUT2D eigenvalue weighted by Gasteiger charge is 2.39. The summed E-state index contributed by atoms with van der Waals surface area (Å²) >= 11 is 0. The second-order valence-electron chi connectivity index (χ2n) is 4.98. The normalized spacial score (nSPS) is 20.5. The first-order chi connectivity index (χ1) is 9.76. The smallest absolute Gasteiger partial charge is 0.316 e. The molecule has 126 valence electrons. The minimum Gasteiger partial charge on any atom is -0.316 e. The molecule has 0 radical (unpaired) electrons. The van der Waals surface area contributed by atoms with Crippen molar-refractivity contribution in [1.82, 2.24) is 9.62 Å². The van der Waals surface area contributed by atoms with Gasteiger partial charge in [-0.25, -0.2) is 8.42 Å². The van der Waals surface area contributed by atoms with E-state index in [1.165, 1.54) is 12.1 Å². The summed E-state index contributed by atoms with van der Waals surface area (Å²) in [6.07, 6.45) is -3.26. The number of benzene rings is 1. The predicted molar refractivity (Wildman–Crippen MR) is 79.5 cm³/mol. The fourth-order valence-corrected chi connectivity index (χ4v) is 4.20. The Hall–Kier alpha value is -0.830. The fraction of sp³-hybridized carbons (Fsp3) is 0.538. The molecule has 1 aromatic rings. The van der Waals surface area contributed by atoms with Crippen LogP contribution in [0.5, 0.6) is 0 Å². The van der Waals surface area contributed by atoms with Gasteiger partial charge in [-0.2, -0.15) is 17.5 Å². The molecule has 1 aliphatic rings. The third-order valence-electron chi connectivity index (χ3n) is 3.60. The van der Waals surface area contributed by atoms with Crippen LogP contribution in [-0.2, 0) is 16.2 Å². The molecule has 0 amide bonds. The summed E-state index contributed by atoms with van der Waals surface area (Å²) in [7, 11) is -2.43. The van der Waals surface area contributed by atoms with Crippen LogP contribution in [0.1, 0.15) is 18.4 Å². The van der Waals surface area contributed by atoms with Gasteiger partial charge >= 0.3 is 6.18 Å². The largest absolute Gasteiger partial charge is 0.417 e. The number of hydrogen-bond donors (Lipinski definition) is 1. The van der Waals surface area contributed by atoms with Crippen LogP contribution in [-0.4, -0.2) is 38.9 Å². The Bertz CT molecular complexity index is 608. The zero-order valence-corrected chi connectivity index (χ0v) is 13.6. The van der Waals surface area contributed by atoms with Crippen molar-refractivity contribution in [2.45, 2.75) is 30.0 Å². The van der Waals surface area contributed by atoms with E-state index in [0.29, 0.717) is 6.42 Å². The molecule has 1 heterocycles. The Morgan fingerprint density at radius 1 is 1.27 bits per heavy atom. The molecule has 1 fully saturated rings. The van der Waals surface area contributed by atoms with Gasteiger partial charge in [0.15, 0.2) is 0 Å². The zero-order valence-electron chi connectivity index (χ0n) is 11.9. The molecular formula is C13H18ClF3N2O2S. The number of nitrogens with one attached hydrogen (secondary N) is 1. The summed E-state index contributed by atoms with van der Waals surface area (Å²) in [5.41, 5.74) is -1.11. The van der Waals surface area contributed by atoms with Gasteiger partial charge in [0.1, 0.15) is 0 Å². The first kappa shape index (κ1) is 19.2. The third kappa shape index (κ3) is 3.92. The average Bonchev–Trinajstić information content (AvgIpc) is 2.46. The standard InChI is InChI=1S/C13H17F3N2O2S.ClH/c1-17-10-5-4-8-18(9-10)21(19,20)12-7-3-2-6-11(12)13(14,15)16;/h2-3,6-7,10,17H,4-5,8-9H2,1H3;1H. The quantitative estimate of drug-likeness (QED) is 0.903. The first-order valence-electron chi connectivity index (χ1n) is 6.60. The highest BCUT2D eigenvalue weighted by Crippen LogP contribution is 2.35. The van der Waals surface area contributed by atoms with Gasteiger partial charge in [0.05, 0.1) is 10.5 Å². The van der Waals surface area contributed by atoms with Gasteiger partial charge in [-0.15, -0.1) is 12.4 Å². The second kappa shape index (κ2) is 7.16. The van der Waals surface area contributed by atoms with E-state index in [1.807, 2.05) is 0 Å². The monoisotopic (exact) mass is 358 g/mol. The molecule has 1 aliphatic heterocycles. The fourth-order valence-electron chi connectivity index (χ4n) is 2.46. The third-order valence-corrected chi connectivity index (χ3v) is 5.53. The lowest BCUT2D eigenvalue weighted by atomic mass is 10.1. The average molecular weight is 359 g/mol. The lowest BCUT2D eigenvalue weighted by Crippen LogP contribution is -2.47. The molecule has 1 aromatic carbocycles. The molecule has 0 aromatic heterocycles. The number of nitrogens with zero attached hydrogens (tertiary/aromatic N) is 1. The molecule has 9 heteroatoms. The zero-order chi connectivity index (χ0) is 15.7. The molecule has 0 spiro atoms. The lowest BCUT2D eigenvalue weighted by Gasteiger charge is -2.32. The van der Waals surface area contributed by atoms with Crippen molar-refractivity contribution < 1.29 is 21.6 Å². The van der Waals surface area contributed by atoms with Crippen molar-refractivity contribution >= 4 is 22.4 Å². The van der Waals surface area contributed by atoms with Gasteiger partial charge in [-0.3, -0.25) is 0 Å². The van der Waals surface area contributed by atoms with E-state index in [1.54, 1.807) is 7.05 Å². The van der Waals surface area contributed by atoms with Gasteiger partial charge in [-0.05, 0) is 32.0 Å². The van der Waals surface area contributed by atoms with Crippen LogP contribution in [0.4, 0.5) is 13.2 Å². The molecule has 4 nitrogen and oxygen atoms in total. The van der Waals surface area contributed by atoms with Crippen LogP contribution in [0, 0.1) is 0 Å². The van der Waals surface area contributed by atoms with Crippen molar-refractivity contribution in [2.75, 3.05) is 20.1 Å². The van der Waals surface area contributed by atoms with Crippen LogP contribution < -0.4 is 5.32 Å². The maximum Gasteiger partial charge on any atom is 0.417 e. The van der Waals surface area contributed by atoms with Gasteiger partial charge < -0.3 is 5.32 Å². The minimum absolute atomic E-state index is 0. The Kier molecular flexibility index (Phi) is 6.26. The van der Waals surface area contributed by atoms with Crippen molar-refractivity contribution in [2.24, 2.45) is 0 Å². The van der Waals surface area contributed by atoms with Gasteiger partial charge in [0, 0.05) is 19.1 Å². The maximum absolute atomic E-state index is 13.0. The topological polar surface area (TPSA) is 49.4 Å². The lowest BCUT2D eigenvalue weighted by molar-refractivity contribution is -0.139. The summed E-state index contributed by atoms with van der Waals surface area (Å²) in [5, 5.41) is 2.97. The summed E-state index contributed by atoms with van der Waals surface area (Å²) in [6, 6.07) is 4.27. The summed E-state index contributed by atoms with van der Waals surface area (Å²) in [6.45, 7) is 0.428. The molecule has 22 heavy (non-hydrogen) atoms. The molecule has 1 unspecified atom stereocenters.